The lowest BCUT2D eigenvalue weighted by atomic mass is 10.1. The van der Waals surface area contributed by atoms with Crippen molar-refractivity contribution >= 4 is 17.1 Å². The van der Waals surface area contributed by atoms with Crippen LogP contribution in [0.25, 0.3) is 11.2 Å². The molecule has 2 aromatic heterocycles. The first-order valence-electron chi connectivity index (χ1n) is 6.12. The molecular formula is C13H13N5O2. The molecule has 7 heteroatoms. The Morgan fingerprint density at radius 1 is 1.35 bits per heavy atom. The Balaban J connectivity index is 1.93. The number of aromatic nitrogens is 4. The number of nitrogens with one attached hydrogen (secondary N) is 1. The van der Waals surface area contributed by atoms with E-state index in [1.54, 1.807) is 23.0 Å². The van der Waals surface area contributed by atoms with Gasteiger partial charge in [0.2, 0.25) is 5.95 Å². The molecule has 0 radical (unpaired) electrons. The van der Waals surface area contributed by atoms with Crippen LogP contribution < -0.4 is 11.3 Å². The Bertz CT molecular complexity index is 821. The second-order valence-corrected chi connectivity index (χ2v) is 4.44. The van der Waals surface area contributed by atoms with Crippen LogP contribution in [0.15, 0.2) is 35.4 Å². The number of imidazole rings is 1. The van der Waals surface area contributed by atoms with Gasteiger partial charge in [-0.15, -0.1) is 0 Å². The summed E-state index contributed by atoms with van der Waals surface area (Å²) in [6.07, 6.45) is 2.13. The van der Waals surface area contributed by atoms with Gasteiger partial charge in [0, 0.05) is 6.54 Å². The summed E-state index contributed by atoms with van der Waals surface area (Å²) in [5.41, 5.74) is 6.67. The van der Waals surface area contributed by atoms with Gasteiger partial charge in [0.05, 0.1) is 6.33 Å². The lowest BCUT2D eigenvalue weighted by Gasteiger charge is -2.05. The Hall–Kier alpha value is -2.83. The second-order valence-electron chi connectivity index (χ2n) is 4.44. The van der Waals surface area contributed by atoms with Crippen molar-refractivity contribution in [3.8, 4) is 5.75 Å². The zero-order valence-electron chi connectivity index (χ0n) is 10.6. The number of nitrogen functional groups attached to an aromatic ring is 1. The van der Waals surface area contributed by atoms with Gasteiger partial charge in [0.1, 0.15) is 5.75 Å². The van der Waals surface area contributed by atoms with Crippen LogP contribution in [0.1, 0.15) is 5.56 Å². The number of benzene rings is 1. The molecule has 1 aromatic carbocycles. The Morgan fingerprint density at radius 3 is 2.95 bits per heavy atom. The molecule has 0 saturated carbocycles. The highest BCUT2D eigenvalue weighted by Crippen LogP contribution is 2.17. The van der Waals surface area contributed by atoms with Gasteiger partial charge in [-0.1, -0.05) is 18.2 Å². The summed E-state index contributed by atoms with van der Waals surface area (Å²) in [7, 11) is 0. The monoisotopic (exact) mass is 271 g/mol. The van der Waals surface area contributed by atoms with Crippen molar-refractivity contribution in [3.63, 3.8) is 0 Å². The van der Waals surface area contributed by atoms with Crippen molar-refractivity contribution in [2.45, 2.75) is 13.0 Å². The molecule has 0 saturated heterocycles. The van der Waals surface area contributed by atoms with Crippen molar-refractivity contribution in [3.05, 3.63) is 46.5 Å². The number of hydrogen-bond acceptors (Lipinski definition) is 5. The van der Waals surface area contributed by atoms with Gasteiger partial charge in [0.25, 0.3) is 5.56 Å². The predicted molar refractivity (Wildman–Crippen MR) is 74.4 cm³/mol. The molecule has 7 nitrogen and oxygen atoms in total. The number of nitrogens with two attached hydrogens (primary N) is 1. The Labute approximate surface area is 113 Å². The molecule has 0 aliphatic carbocycles. The van der Waals surface area contributed by atoms with Crippen molar-refractivity contribution in [2.24, 2.45) is 0 Å². The summed E-state index contributed by atoms with van der Waals surface area (Å²) in [6.45, 7) is 0.517. The summed E-state index contributed by atoms with van der Waals surface area (Å²) in [4.78, 5) is 22.4. The van der Waals surface area contributed by atoms with E-state index in [0.29, 0.717) is 24.1 Å². The number of phenolic OH excluding ortho intramolecular Hbond substituents is 1. The number of phenols is 1. The third-order valence-corrected chi connectivity index (χ3v) is 3.12. The van der Waals surface area contributed by atoms with Gasteiger partial charge < -0.3 is 15.4 Å². The van der Waals surface area contributed by atoms with E-state index in [4.69, 9.17) is 5.73 Å². The van der Waals surface area contributed by atoms with E-state index < -0.39 is 0 Å². The lowest BCUT2D eigenvalue weighted by molar-refractivity contribution is 0.466. The quantitative estimate of drug-likeness (QED) is 0.648. The number of rotatable bonds is 3. The molecule has 0 amide bonds. The van der Waals surface area contributed by atoms with Crippen LogP contribution in [-0.2, 0) is 13.0 Å². The largest absolute Gasteiger partial charge is 0.508 e. The average Bonchev–Trinajstić information content (AvgIpc) is 2.81. The minimum atomic E-state index is -0.317. The van der Waals surface area contributed by atoms with Crippen LogP contribution in [0, 0.1) is 0 Å². The van der Waals surface area contributed by atoms with E-state index in [9.17, 15) is 9.90 Å². The minimum Gasteiger partial charge on any atom is -0.508 e. The van der Waals surface area contributed by atoms with Gasteiger partial charge in [0.15, 0.2) is 11.2 Å². The number of anilines is 1. The third-order valence-electron chi connectivity index (χ3n) is 3.12. The van der Waals surface area contributed by atoms with Gasteiger partial charge in [-0.05, 0) is 18.1 Å². The fourth-order valence-electron chi connectivity index (χ4n) is 2.14. The fraction of sp³-hybridized carbons (Fsp3) is 0.154. The van der Waals surface area contributed by atoms with Crippen molar-refractivity contribution in [1.82, 2.24) is 19.5 Å². The highest BCUT2D eigenvalue weighted by molar-refractivity contribution is 5.70. The number of aromatic hydroxyl groups is 1. The molecule has 0 aliphatic rings. The summed E-state index contributed by atoms with van der Waals surface area (Å²) in [5, 5.41) is 9.72. The first kappa shape index (κ1) is 12.2. The molecule has 102 valence electrons. The minimum absolute atomic E-state index is 0.0495. The van der Waals surface area contributed by atoms with E-state index in [-0.39, 0.29) is 17.3 Å². The molecule has 0 atom stereocenters. The van der Waals surface area contributed by atoms with E-state index in [0.717, 1.165) is 5.56 Å². The average molecular weight is 271 g/mol. The van der Waals surface area contributed by atoms with E-state index >= 15 is 0 Å². The fourth-order valence-corrected chi connectivity index (χ4v) is 2.14. The number of fused-ring (bicyclic) bond motifs is 1. The number of H-pyrrole nitrogens is 1. The SMILES string of the molecule is Nc1nc2ncn(CCc3ccccc3O)c2c(=O)[nH]1. The maximum Gasteiger partial charge on any atom is 0.278 e. The molecule has 0 spiro atoms. The third kappa shape index (κ3) is 2.09. The maximum absolute atomic E-state index is 11.9. The second kappa shape index (κ2) is 4.69. The summed E-state index contributed by atoms with van der Waals surface area (Å²) >= 11 is 0. The molecule has 0 aliphatic heterocycles. The van der Waals surface area contributed by atoms with Crippen LogP contribution in [0.3, 0.4) is 0 Å². The number of aryl methyl sites for hydroxylation is 2. The summed E-state index contributed by atoms with van der Waals surface area (Å²) < 4.78 is 1.70. The number of hydrogen-bond donors (Lipinski definition) is 3. The van der Waals surface area contributed by atoms with Crippen LogP contribution >= 0.6 is 0 Å². The van der Waals surface area contributed by atoms with Gasteiger partial charge in [-0.2, -0.15) is 4.98 Å². The van der Waals surface area contributed by atoms with E-state index in [1.807, 2.05) is 12.1 Å². The Kier molecular flexibility index (Phi) is 2.86. The maximum atomic E-state index is 11.9. The molecule has 4 N–H and O–H groups in total. The van der Waals surface area contributed by atoms with Crippen LogP contribution in [0.4, 0.5) is 5.95 Å². The molecular weight excluding hydrogens is 258 g/mol. The highest BCUT2D eigenvalue weighted by atomic mass is 16.3. The van der Waals surface area contributed by atoms with Gasteiger partial charge >= 0.3 is 0 Å². The van der Waals surface area contributed by atoms with Gasteiger partial charge in [-0.25, -0.2) is 4.98 Å². The van der Waals surface area contributed by atoms with Crippen molar-refractivity contribution < 1.29 is 5.11 Å². The van der Waals surface area contributed by atoms with Crippen molar-refractivity contribution in [1.29, 1.82) is 0 Å². The number of nitrogens with zero attached hydrogens (tertiary/aromatic N) is 3. The summed E-state index contributed by atoms with van der Waals surface area (Å²) in [5.74, 6) is 0.293. The van der Waals surface area contributed by atoms with Crippen LogP contribution in [0.5, 0.6) is 5.75 Å². The highest BCUT2D eigenvalue weighted by Gasteiger charge is 2.10. The molecule has 3 aromatic rings. The van der Waals surface area contributed by atoms with Crippen LogP contribution in [-0.4, -0.2) is 24.6 Å². The first-order chi connectivity index (χ1) is 9.65. The van der Waals surface area contributed by atoms with E-state index in [2.05, 4.69) is 15.0 Å². The molecule has 2 heterocycles. The topological polar surface area (TPSA) is 110 Å². The van der Waals surface area contributed by atoms with Gasteiger partial charge in [-0.3, -0.25) is 9.78 Å². The summed E-state index contributed by atoms with van der Waals surface area (Å²) in [6, 6.07) is 7.10. The molecule has 0 bridgehead atoms. The zero-order chi connectivity index (χ0) is 14.1. The molecule has 3 rings (SSSR count). The smallest absolute Gasteiger partial charge is 0.278 e. The van der Waals surface area contributed by atoms with Crippen LogP contribution in [0.2, 0.25) is 0 Å². The zero-order valence-corrected chi connectivity index (χ0v) is 10.6. The molecule has 0 fully saturated rings. The molecule has 20 heavy (non-hydrogen) atoms. The standard InChI is InChI=1S/C13H13N5O2/c14-13-16-11-10(12(20)17-13)18(7-15-11)6-5-8-3-1-2-4-9(8)19/h1-4,7,19H,5-6H2,(H3,14,16,17,20). The first-order valence-corrected chi connectivity index (χ1v) is 6.12. The number of aromatic amines is 1. The normalized spacial score (nSPS) is 11.0. The van der Waals surface area contributed by atoms with Crippen molar-refractivity contribution in [2.75, 3.05) is 5.73 Å². The lowest BCUT2D eigenvalue weighted by Crippen LogP contribution is -2.15. The number of para-hydroxylation sites is 1. The predicted octanol–water partition coefficient (Wildman–Crippen LogP) is 0.650. The molecule has 0 unspecified atom stereocenters. The Morgan fingerprint density at radius 2 is 2.15 bits per heavy atom. The van der Waals surface area contributed by atoms with E-state index in [1.165, 1.54) is 0 Å².